The third kappa shape index (κ3) is 7.66. The maximum Gasteiger partial charge on any atom is 0.139 e. The predicted octanol–water partition coefficient (Wildman–Crippen LogP) is 3.17. The van der Waals surface area contributed by atoms with Crippen molar-refractivity contribution >= 4 is 14.4 Å². The Morgan fingerprint density at radius 1 is 1.00 bits per heavy atom. The van der Waals surface area contributed by atoms with Crippen molar-refractivity contribution in [3.05, 3.63) is 12.3 Å². The molecule has 27 heavy (non-hydrogen) atoms. The highest BCUT2D eigenvalue weighted by atomic mass is 28.3. The Balaban J connectivity index is 0.000000309. The summed E-state index contributed by atoms with van der Waals surface area (Å²) < 4.78 is 16.6. The second kappa shape index (κ2) is 9.65. The number of rotatable bonds is 6. The highest BCUT2D eigenvalue weighted by Crippen LogP contribution is 2.25. The van der Waals surface area contributed by atoms with Gasteiger partial charge in [0.2, 0.25) is 0 Å². The van der Waals surface area contributed by atoms with Crippen LogP contribution in [0.15, 0.2) is 12.3 Å². The first-order valence-electron chi connectivity index (χ1n) is 9.77. The molecule has 0 unspecified atom stereocenters. The highest BCUT2D eigenvalue weighted by molar-refractivity contribution is 6.76. The summed E-state index contributed by atoms with van der Waals surface area (Å²) in [4.78, 5) is 14.5. The second-order valence-corrected chi connectivity index (χ2v) is 15.1. The topological polar surface area (TPSA) is 51.2 Å². The Hall–Kier alpha value is -0.733. The third-order valence-corrected chi connectivity index (χ3v) is 7.14. The molecule has 0 aromatic heterocycles. The minimum Gasteiger partial charge on any atom is -0.502 e. The van der Waals surface area contributed by atoms with Crippen LogP contribution >= 0.6 is 0 Å². The molecule has 158 valence electrons. The van der Waals surface area contributed by atoms with Crippen LogP contribution in [0, 0.1) is 0 Å². The van der Waals surface area contributed by atoms with Gasteiger partial charge in [-0.15, -0.1) is 0 Å². The van der Waals surface area contributed by atoms with Crippen LogP contribution in [0.2, 0.25) is 25.7 Å². The van der Waals surface area contributed by atoms with Gasteiger partial charge in [0.05, 0.1) is 38.2 Å². The number of aldehydes is 1. The molecule has 2 aliphatic heterocycles. The minimum atomic E-state index is -0.969. The van der Waals surface area contributed by atoms with Crippen molar-refractivity contribution in [3.63, 3.8) is 0 Å². The lowest BCUT2D eigenvalue weighted by atomic mass is 10.2. The molecular formula is C20H40N2O4Si. The van der Waals surface area contributed by atoms with Crippen LogP contribution in [0.5, 0.6) is 0 Å². The first-order chi connectivity index (χ1) is 12.3. The largest absolute Gasteiger partial charge is 0.502 e. The number of carbonyl (C=O) groups excluding carboxylic acids is 1. The predicted molar refractivity (Wildman–Crippen MR) is 112 cm³/mol. The van der Waals surface area contributed by atoms with E-state index in [0.717, 1.165) is 19.5 Å². The first-order valence-corrected chi connectivity index (χ1v) is 13.5. The van der Waals surface area contributed by atoms with Crippen molar-refractivity contribution in [2.45, 2.75) is 76.9 Å². The lowest BCUT2D eigenvalue weighted by Crippen LogP contribution is -2.41. The Bertz CT molecular complexity index is 503. The van der Waals surface area contributed by atoms with E-state index in [1.165, 1.54) is 6.04 Å². The van der Waals surface area contributed by atoms with Crippen molar-refractivity contribution in [2.24, 2.45) is 0 Å². The number of hydrogen-bond acceptors (Lipinski definition) is 6. The Labute approximate surface area is 166 Å². The second-order valence-electron chi connectivity index (χ2n) is 9.52. The number of likely N-dealkylation sites (N-methyl/N-ethyl adjacent to an activating group) is 2. The summed E-state index contributed by atoms with van der Waals surface area (Å²) in [5.74, 6) is 0. The molecule has 0 radical (unpaired) electrons. The van der Waals surface area contributed by atoms with Crippen molar-refractivity contribution in [1.82, 2.24) is 9.80 Å². The van der Waals surface area contributed by atoms with Crippen LogP contribution < -0.4 is 0 Å². The molecule has 0 saturated carbocycles. The molecule has 0 N–H and O–H groups in total. The highest BCUT2D eigenvalue weighted by Gasteiger charge is 2.37. The van der Waals surface area contributed by atoms with Gasteiger partial charge in [0.1, 0.15) is 17.7 Å². The number of carbonyl (C=O) groups is 1. The van der Waals surface area contributed by atoms with Gasteiger partial charge in [-0.25, -0.2) is 0 Å². The molecule has 2 fully saturated rings. The quantitative estimate of drug-likeness (QED) is 0.295. The zero-order chi connectivity index (χ0) is 20.9. The molecule has 0 amide bonds. The maximum absolute atomic E-state index is 10.4. The third-order valence-electron chi connectivity index (χ3n) is 5.43. The SMILES string of the molecule is CN1[C@H](C=COCC[Si](C)(C)C)COC1(C)C.CN1[C@H](C=O)COC1(C)C. The van der Waals surface area contributed by atoms with E-state index in [1.54, 1.807) is 0 Å². The van der Waals surface area contributed by atoms with Gasteiger partial charge in [-0.3, -0.25) is 9.80 Å². The summed E-state index contributed by atoms with van der Waals surface area (Å²) >= 11 is 0. The molecule has 0 spiro atoms. The smallest absolute Gasteiger partial charge is 0.139 e. The lowest BCUT2D eigenvalue weighted by Gasteiger charge is -2.28. The summed E-state index contributed by atoms with van der Waals surface area (Å²) in [7, 11) is 3.01. The van der Waals surface area contributed by atoms with Crippen LogP contribution in [0.25, 0.3) is 0 Å². The number of hydrogen-bond donors (Lipinski definition) is 0. The van der Waals surface area contributed by atoms with Gasteiger partial charge in [-0.1, -0.05) is 19.6 Å². The van der Waals surface area contributed by atoms with E-state index in [0.29, 0.717) is 12.6 Å². The van der Waals surface area contributed by atoms with E-state index in [9.17, 15) is 4.79 Å². The van der Waals surface area contributed by atoms with E-state index in [4.69, 9.17) is 14.2 Å². The van der Waals surface area contributed by atoms with Crippen LogP contribution in [-0.2, 0) is 19.0 Å². The van der Waals surface area contributed by atoms with Gasteiger partial charge in [0, 0.05) is 8.07 Å². The fourth-order valence-electron chi connectivity index (χ4n) is 2.70. The standard InChI is InChI=1S/C13H27NO2Si.C7H13NO2/c1-13(2)14(3)12(11-16-13)7-8-15-9-10-17(4,5)6;1-7(2)8(3)6(4-9)5-10-7/h7-8,12H,9-11H2,1-6H3;4,6H,5H2,1-3H3/t12-;6-/m11/s1. The van der Waals surface area contributed by atoms with Crippen molar-refractivity contribution < 1.29 is 19.0 Å². The van der Waals surface area contributed by atoms with Crippen LogP contribution in [-0.4, -0.2) is 81.6 Å². The number of ether oxygens (including phenoxy) is 3. The van der Waals surface area contributed by atoms with Crippen LogP contribution in [0.3, 0.4) is 0 Å². The average Bonchev–Trinajstić information content (AvgIpc) is 2.96. The van der Waals surface area contributed by atoms with E-state index < -0.39 is 8.07 Å². The molecule has 2 rings (SSSR count). The summed E-state index contributed by atoms with van der Waals surface area (Å²) in [6.07, 6.45) is 4.86. The molecule has 6 nitrogen and oxygen atoms in total. The molecule has 0 aromatic rings. The zero-order valence-electron chi connectivity index (χ0n) is 18.7. The average molecular weight is 401 g/mol. The van der Waals surface area contributed by atoms with Crippen LogP contribution in [0.4, 0.5) is 0 Å². The fraction of sp³-hybridized carbons (Fsp3) is 0.850. The molecule has 2 atom stereocenters. The van der Waals surface area contributed by atoms with Crippen molar-refractivity contribution in [2.75, 3.05) is 33.9 Å². The lowest BCUT2D eigenvalue weighted by molar-refractivity contribution is -0.112. The maximum atomic E-state index is 10.4. The van der Waals surface area contributed by atoms with E-state index in [1.807, 2.05) is 32.1 Å². The summed E-state index contributed by atoms with van der Waals surface area (Å²) in [5.41, 5.74) is -0.432. The van der Waals surface area contributed by atoms with E-state index in [2.05, 4.69) is 51.5 Å². The van der Waals surface area contributed by atoms with Crippen LogP contribution in [0.1, 0.15) is 27.7 Å². The van der Waals surface area contributed by atoms with Crippen molar-refractivity contribution in [3.8, 4) is 0 Å². The molecule has 0 bridgehead atoms. The molecule has 2 saturated heterocycles. The Kier molecular flexibility index (Phi) is 8.69. The van der Waals surface area contributed by atoms with E-state index >= 15 is 0 Å². The summed E-state index contributed by atoms with van der Waals surface area (Å²) in [6, 6.07) is 1.48. The molecule has 0 aliphatic carbocycles. The minimum absolute atomic E-state index is 0.0602. The molecule has 0 aromatic carbocycles. The van der Waals surface area contributed by atoms with E-state index in [-0.39, 0.29) is 17.5 Å². The summed E-state index contributed by atoms with van der Waals surface area (Å²) in [5, 5.41) is 0. The van der Waals surface area contributed by atoms with Gasteiger partial charge in [0.25, 0.3) is 0 Å². The molecule has 7 heteroatoms. The van der Waals surface area contributed by atoms with Gasteiger partial charge >= 0.3 is 0 Å². The van der Waals surface area contributed by atoms with Gasteiger partial charge in [-0.05, 0) is 53.9 Å². The van der Waals surface area contributed by atoms with Gasteiger partial charge in [0.15, 0.2) is 0 Å². The fourth-order valence-corrected chi connectivity index (χ4v) is 3.43. The summed E-state index contributed by atoms with van der Waals surface area (Å²) in [6.45, 7) is 17.3. The monoisotopic (exact) mass is 400 g/mol. The molecule has 2 heterocycles. The molecule has 2 aliphatic rings. The van der Waals surface area contributed by atoms with Gasteiger partial charge < -0.3 is 19.0 Å². The zero-order valence-corrected chi connectivity index (χ0v) is 19.7. The number of nitrogens with zero attached hydrogens (tertiary/aromatic N) is 2. The Morgan fingerprint density at radius 2 is 1.48 bits per heavy atom. The normalized spacial score (nSPS) is 28.2. The van der Waals surface area contributed by atoms with Gasteiger partial charge in [-0.2, -0.15) is 0 Å². The molecular weight excluding hydrogens is 360 g/mol. The Morgan fingerprint density at radius 3 is 1.81 bits per heavy atom. The van der Waals surface area contributed by atoms with Crippen molar-refractivity contribution in [1.29, 1.82) is 0 Å². The first kappa shape index (κ1) is 24.3.